The SMILES string of the molecule is O=S(=O)(NCCCc1cnc2ncnn2c1)c1cc(F)cc(F)c1. The minimum Gasteiger partial charge on any atom is -0.219 e. The first-order chi connectivity index (χ1) is 11.4. The first-order valence-corrected chi connectivity index (χ1v) is 8.52. The molecule has 2 aromatic heterocycles. The van der Waals surface area contributed by atoms with Crippen LogP contribution in [0.3, 0.4) is 0 Å². The Bertz CT molecular complexity index is 954. The van der Waals surface area contributed by atoms with Gasteiger partial charge in [-0.2, -0.15) is 10.1 Å². The summed E-state index contributed by atoms with van der Waals surface area (Å²) < 4.78 is 54.1. The van der Waals surface area contributed by atoms with Gasteiger partial charge in [0, 0.05) is 25.0 Å². The van der Waals surface area contributed by atoms with Crippen molar-refractivity contribution >= 4 is 15.8 Å². The molecule has 0 saturated heterocycles. The summed E-state index contributed by atoms with van der Waals surface area (Å²) in [5.41, 5.74) is 0.865. The van der Waals surface area contributed by atoms with E-state index in [4.69, 9.17) is 0 Å². The molecule has 3 rings (SSSR count). The molecule has 1 N–H and O–H groups in total. The minimum absolute atomic E-state index is 0.121. The number of nitrogens with zero attached hydrogens (tertiary/aromatic N) is 4. The highest BCUT2D eigenvalue weighted by molar-refractivity contribution is 7.89. The van der Waals surface area contributed by atoms with Crippen LogP contribution < -0.4 is 4.72 Å². The van der Waals surface area contributed by atoms with Crippen molar-refractivity contribution in [3.05, 3.63) is 54.1 Å². The Labute approximate surface area is 136 Å². The molecule has 0 aliphatic heterocycles. The molecule has 0 atom stereocenters. The van der Waals surface area contributed by atoms with Crippen molar-refractivity contribution in [2.24, 2.45) is 0 Å². The third kappa shape index (κ3) is 3.71. The first kappa shape index (κ1) is 16.4. The van der Waals surface area contributed by atoms with Crippen LogP contribution in [-0.2, 0) is 16.4 Å². The monoisotopic (exact) mass is 353 g/mol. The van der Waals surface area contributed by atoms with Gasteiger partial charge < -0.3 is 0 Å². The maximum absolute atomic E-state index is 13.1. The van der Waals surface area contributed by atoms with E-state index in [9.17, 15) is 17.2 Å². The Morgan fingerprint density at radius 3 is 2.62 bits per heavy atom. The third-order valence-corrected chi connectivity index (χ3v) is 4.71. The van der Waals surface area contributed by atoms with Gasteiger partial charge in [0.15, 0.2) is 0 Å². The molecule has 10 heteroatoms. The molecule has 1 aromatic carbocycles. The molecule has 0 aliphatic carbocycles. The predicted octanol–water partition coefficient (Wildman–Crippen LogP) is 1.31. The molecular weight excluding hydrogens is 340 g/mol. The fraction of sp³-hybridized carbons (Fsp3) is 0.214. The van der Waals surface area contributed by atoms with E-state index < -0.39 is 26.6 Å². The summed E-state index contributed by atoms with van der Waals surface area (Å²) in [6.07, 6.45) is 5.83. The maximum Gasteiger partial charge on any atom is 0.252 e. The van der Waals surface area contributed by atoms with Crippen LogP contribution in [0.25, 0.3) is 5.78 Å². The van der Waals surface area contributed by atoms with E-state index in [-0.39, 0.29) is 6.54 Å². The van der Waals surface area contributed by atoms with Crippen LogP contribution in [0.15, 0.2) is 41.8 Å². The Morgan fingerprint density at radius 1 is 1.12 bits per heavy atom. The Morgan fingerprint density at radius 2 is 1.88 bits per heavy atom. The van der Waals surface area contributed by atoms with Crippen LogP contribution in [0.1, 0.15) is 12.0 Å². The zero-order chi connectivity index (χ0) is 17.2. The Kier molecular flexibility index (Phi) is 4.49. The van der Waals surface area contributed by atoms with Crippen LogP contribution >= 0.6 is 0 Å². The average Bonchev–Trinajstić information content (AvgIpc) is 2.98. The van der Waals surface area contributed by atoms with E-state index in [2.05, 4.69) is 19.8 Å². The molecule has 0 radical (unpaired) electrons. The van der Waals surface area contributed by atoms with Crippen molar-refractivity contribution in [2.45, 2.75) is 17.7 Å². The summed E-state index contributed by atoms with van der Waals surface area (Å²) in [6, 6.07) is 2.16. The number of aromatic nitrogens is 4. The topological polar surface area (TPSA) is 89.2 Å². The van der Waals surface area contributed by atoms with Crippen LogP contribution in [0, 0.1) is 11.6 Å². The lowest BCUT2D eigenvalue weighted by molar-refractivity contribution is 0.560. The number of hydrogen-bond donors (Lipinski definition) is 1. The van der Waals surface area contributed by atoms with Crippen LogP contribution in [0.4, 0.5) is 8.78 Å². The predicted molar refractivity (Wildman–Crippen MR) is 80.6 cm³/mol. The first-order valence-electron chi connectivity index (χ1n) is 7.04. The smallest absolute Gasteiger partial charge is 0.219 e. The quantitative estimate of drug-likeness (QED) is 0.675. The van der Waals surface area contributed by atoms with Crippen molar-refractivity contribution in [3.63, 3.8) is 0 Å². The number of sulfonamides is 1. The summed E-state index contributed by atoms with van der Waals surface area (Å²) in [5, 5.41) is 3.96. The number of aryl methyl sites for hydroxylation is 1. The van der Waals surface area contributed by atoms with Gasteiger partial charge in [-0.3, -0.25) is 0 Å². The van der Waals surface area contributed by atoms with Gasteiger partial charge in [0.2, 0.25) is 10.0 Å². The van der Waals surface area contributed by atoms with Crippen LogP contribution in [0.5, 0.6) is 0 Å². The summed E-state index contributed by atoms with van der Waals surface area (Å²) in [6.45, 7) is 0.121. The van der Waals surface area contributed by atoms with Gasteiger partial charge >= 0.3 is 0 Å². The highest BCUT2D eigenvalue weighted by Crippen LogP contribution is 2.13. The van der Waals surface area contributed by atoms with Crippen molar-refractivity contribution in [3.8, 4) is 0 Å². The molecule has 126 valence electrons. The highest BCUT2D eigenvalue weighted by atomic mass is 32.2. The molecule has 3 aromatic rings. The van der Waals surface area contributed by atoms with Crippen LogP contribution in [0.2, 0.25) is 0 Å². The normalized spacial score (nSPS) is 11.9. The molecule has 24 heavy (non-hydrogen) atoms. The lowest BCUT2D eigenvalue weighted by Crippen LogP contribution is -2.25. The average molecular weight is 353 g/mol. The molecule has 0 bridgehead atoms. The standard InChI is InChI=1S/C14H13F2N5O2S/c15-11-4-12(16)6-13(5-11)24(22,23)20-3-1-2-10-7-17-14-18-9-19-21(14)8-10/h4-9,20H,1-3H2. The fourth-order valence-corrected chi connectivity index (χ4v) is 3.27. The highest BCUT2D eigenvalue weighted by Gasteiger charge is 2.15. The van der Waals surface area contributed by atoms with Gasteiger partial charge in [0.1, 0.15) is 18.0 Å². The number of benzene rings is 1. The zero-order valence-electron chi connectivity index (χ0n) is 12.4. The summed E-state index contributed by atoms with van der Waals surface area (Å²) in [5.74, 6) is -1.40. The molecule has 0 saturated carbocycles. The van der Waals surface area contributed by atoms with Gasteiger partial charge in [0.25, 0.3) is 5.78 Å². The van der Waals surface area contributed by atoms with Gasteiger partial charge in [0.05, 0.1) is 4.90 Å². The Balaban J connectivity index is 1.58. The van der Waals surface area contributed by atoms with E-state index >= 15 is 0 Å². The molecule has 0 amide bonds. The number of rotatable bonds is 6. The molecule has 0 fully saturated rings. The van der Waals surface area contributed by atoms with Crippen molar-refractivity contribution < 1.29 is 17.2 Å². The second-order valence-electron chi connectivity index (χ2n) is 5.07. The lowest BCUT2D eigenvalue weighted by atomic mass is 10.2. The lowest BCUT2D eigenvalue weighted by Gasteiger charge is -2.07. The molecule has 0 spiro atoms. The van der Waals surface area contributed by atoms with Crippen LogP contribution in [-0.4, -0.2) is 34.5 Å². The number of halogens is 2. The van der Waals surface area contributed by atoms with E-state index in [1.165, 1.54) is 10.8 Å². The van der Waals surface area contributed by atoms with Crippen molar-refractivity contribution in [1.82, 2.24) is 24.3 Å². The Hall–Kier alpha value is -2.46. The maximum atomic E-state index is 13.1. The van der Waals surface area contributed by atoms with E-state index in [0.717, 1.165) is 17.7 Å². The van der Waals surface area contributed by atoms with Gasteiger partial charge in [-0.15, -0.1) is 0 Å². The second kappa shape index (κ2) is 6.57. The summed E-state index contributed by atoms with van der Waals surface area (Å²) >= 11 is 0. The fourth-order valence-electron chi connectivity index (χ4n) is 2.15. The largest absolute Gasteiger partial charge is 0.252 e. The van der Waals surface area contributed by atoms with Gasteiger partial charge in [-0.25, -0.2) is 31.4 Å². The molecule has 7 nitrogen and oxygen atoms in total. The second-order valence-corrected chi connectivity index (χ2v) is 6.84. The molecule has 0 aliphatic rings. The van der Waals surface area contributed by atoms with E-state index in [1.54, 1.807) is 12.4 Å². The van der Waals surface area contributed by atoms with E-state index in [1.807, 2.05) is 0 Å². The van der Waals surface area contributed by atoms with E-state index in [0.29, 0.717) is 24.7 Å². The number of fused-ring (bicyclic) bond motifs is 1. The molecule has 0 unspecified atom stereocenters. The molecular formula is C14H13F2N5O2S. The third-order valence-electron chi connectivity index (χ3n) is 3.27. The summed E-state index contributed by atoms with van der Waals surface area (Å²) in [7, 11) is -3.96. The zero-order valence-corrected chi connectivity index (χ0v) is 13.2. The minimum atomic E-state index is -3.96. The van der Waals surface area contributed by atoms with Crippen molar-refractivity contribution in [2.75, 3.05) is 6.54 Å². The number of nitrogens with one attached hydrogen (secondary N) is 1. The van der Waals surface area contributed by atoms with Gasteiger partial charge in [-0.1, -0.05) is 0 Å². The number of hydrogen-bond acceptors (Lipinski definition) is 5. The summed E-state index contributed by atoms with van der Waals surface area (Å²) in [4.78, 5) is 7.59. The van der Waals surface area contributed by atoms with Crippen molar-refractivity contribution in [1.29, 1.82) is 0 Å². The van der Waals surface area contributed by atoms with Gasteiger partial charge in [-0.05, 0) is 30.5 Å². The molecule has 2 heterocycles.